The summed E-state index contributed by atoms with van der Waals surface area (Å²) < 4.78 is 12.8. The normalized spacial score (nSPS) is 10.7. The number of anilines is 2. The lowest BCUT2D eigenvalue weighted by Gasteiger charge is -2.14. The smallest absolute Gasteiger partial charge is 0.324 e. The van der Waals surface area contributed by atoms with Crippen LogP contribution < -0.4 is 20.0 Å². The Morgan fingerprint density at radius 2 is 1.89 bits per heavy atom. The Bertz CT molecular complexity index is 1390. The van der Waals surface area contributed by atoms with Gasteiger partial charge in [0, 0.05) is 29.3 Å². The predicted octanol–water partition coefficient (Wildman–Crippen LogP) is 3.87. The number of carbonyl (C=O) groups excluding carboxylic acids is 1. The third-order valence-electron chi connectivity index (χ3n) is 5.35. The Labute approximate surface area is 210 Å². The van der Waals surface area contributed by atoms with Gasteiger partial charge in [0.05, 0.1) is 36.2 Å². The van der Waals surface area contributed by atoms with E-state index in [4.69, 9.17) is 9.39 Å². The fourth-order valence-corrected chi connectivity index (χ4v) is 3.73. The summed E-state index contributed by atoms with van der Waals surface area (Å²) in [4.78, 5) is 30.5. The molecule has 36 heavy (non-hydrogen) atoms. The van der Waals surface area contributed by atoms with E-state index in [0.717, 1.165) is 16.9 Å². The van der Waals surface area contributed by atoms with Crippen molar-refractivity contribution >= 4 is 25.5 Å². The van der Waals surface area contributed by atoms with Crippen LogP contribution in [-0.4, -0.2) is 45.2 Å². The minimum absolute atomic E-state index is 0.385. The van der Waals surface area contributed by atoms with Crippen LogP contribution in [0.2, 0.25) is 0 Å². The standard InChI is InChI=1S/C25H28BN7O3/c1-5-20-21(12-27-23(31-20)17-9-22(35-6-2)24(36-26)28-11-17)32-25(34)30-18-7-15(3)8-19(10-18)33-13-16(4)29-14-33/h7-14H,5-6,26H2,1-4H3,(H2,30,32,34). The number of pyridine rings is 1. The molecule has 4 rings (SSSR count). The predicted molar refractivity (Wildman–Crippen MR) is 141 cm³/mol. The number of imidazole rings is 1. The molecule has 0 saturated carbocycles. The number of hydrogen-bond donors (Lipinski definition) is 2. The van der Waals surface area contributed by atoms with Crippen molar-refractivity contribution in [3.05, 3.63) is 66.1 Å². The first-order valence-corrected chi connectivity index (χ1v) is 11.6. The van der Waals surface area contributed by atoms with Crippen LogP contribution in [0.4, 0.5) is 16.2 Å². The largest absolute Gasteiger partial charge is 0.552 e. The Morgan fingerprint density at radius 1 is 1.06 bits per heavy atom. The number of aryl methyl sites for hydroxylation is 3. The maximum Gasteiger partial charge on any atom is 0.324 e. The molecule has 0 aliphatic rings. The van der Waals surface area contributed by atoms with Crippen molar-refractivity contribution in [2.24, 2.45) is 0 Å². The first kappa shape index (κ1) is 24.7. The minimum Gasteiger partial charge on any atom is -0.552 e. The van der Waals surface area contributed by atoms with Crippen molar-refractivity contribution in [3.8, 4) is 28.7 Å². The van der Waals surface area contributed by atoms with Gasteiger partial charge >= 0.3 is 14.1 Å². The molecule has 3 aromatic heterocycles. The van der Waals surface area contributed by atoms with Crippen LogP contribution in [0.3, 0.4) is 0 Å². The van der Waals surface area contributed by atoms with E-state index in [-0.39, 0.29) is 6.03 Å². The summed E-state index contributed by atoms with van der Waals surface area (Å²) in [6.45, 7) is 8.24. The topological polar surface area (TPSA) is 116 Å². The van der Waals surface area contributed by atoms with Gasteiger partial charge in [0.2, 0.25) is 5.88 Å². The van der Waals surface area contributed by atoms with Gasteiger partial charge in [0.25, 0.3) is 0 Å². The van der Waals surface area contributed by atoms with Crippen LogP contribution in [0, 0.1) is 13.8 Å². The van der Waals surface area contributed by atoms with E-state index in [1.54, 1.807) is 24.8 Å². The number of rotatable bonds is 8. The summed E-state index contributed by atoms with van der Waals surface area (Å²) in [5.41, 5.74) is 5.41. The number of benzene rings is 1. The van der Waals surface area contributed by atoms with Crippen molar-refractivity contribution < 1.29 is 14.2 Å². The summed E-state index contributed by atoms with van der Waals surface area (Å²) >= 11 is 0. The van der Waals surface area contributed by atoms with Gasteiger partial charge in [-0.1, -0.05) is 6.92 Å². The second kappa shape index (κ2) is 10.9. The van der Waals surface area contributed by atoms with Crippen LogP contribution in [0.1, 0.15) is 30.8 Å². The molecular formula is C25H28BN7O3. The molecule has 0 aliphatic carbocycles. The van der Waals surface area contributed by atoms with E-state index in [9.17, 15) is 4.79 Å². The molecule has 0 fully saturated rings. The molecule has 2 amide bonds. The second-order valence-corrected chi connectivity index (χ2v) is 8.13. The highest BCUT2D eigenvalue weighted by Gasteiger charge is 2.14. The molecule has 4 aromatic rings. The van der Waals surface area contributed by atoms with Gasteiger partial charge in [0.1, 0.15) is 0 Å². The molecular weight excluding hydrogens is 457 g/mol. The summed E-state index contributed by atoms with van der Waals surface area (Å²) in [6.07, 6.45) is 7.51. The Morgan fingerprint density at radius 3 is 2.58 bits per heavy atom. The molecule has 0 saturated heterocycles. The lowest BCUT2D eigenvalue weighted by Crippen LogP contribution is -2.21. The monoisotopic (exact) mass is 485 g/mol. The van der Waals surface area contributed by atoms with Gasteiger partial charge in [-0.2, -0.15) is 0 Å². The molecule has 0 bridgehead atoms. The first-order valence-electron chi connectivity index (χ1n) is 11.6. The quantitative estimate of drug-likeness (QED) is 0.364. The third kappa shape index (κ3) is 5.62. The first-order chi connectivity index (χ1) is 17.4. The highest BCUT2D eigenvalue weighted by atomic mass is 16.5. The number of aromatic nitrogens is 5. The molecule has 0 aliphatic heterocycles. The molecule has 0 atom stereocenters. The number of ether oxygens (including phenoxy) is 1. The van der Waals surface area contributed by atoms with Gasteiger partial charge in [-0.15, -0.1) is 0 Å². The number of amides is 2. The molecule has 11 heteroatoms. The van der Waals surface area contributed by atoms with Crippen molar-refractivity contribution in [2.75, 3.05) is 17.2 Å². The van der Waals surface area contributed by atoms with Crippen LogP contribution in [0.5, 0.6) is 11.6 Å². The number of nitrogens with one attached hydrogen (secondary N) is 2. The Kier molecular flexibility index (Phi) is 7.48. The van der Waals surface area contributed by atoms with Gasteiger partial charge in [-0.3, -0.25) is 0 Å². The number of nitrogens with zero attached hydrogens (tertiary/aromatic N) is 5. The molecule has 0 spiro atoms. The van der Waals surface area contributed by atoms with E-state index >= 15 is 0 Å². The Balaban J connectivity index is 1.53. The van der Waals surface area contributed by atoms with Crippen molar-refractivity contribution in [1.82, 2.24) is 24.5 Å². The SMILES string of the molecule is BOc1ncc(-c2ncc(NC(=O)Nc3cc(C)cc(-n4cnc(C)c4)c3)c(CC)n2)cc1OCC. The van der Waals surface area contributed by atoms with Gasteiger partial charge in [-0.05, 0) is 57.0 Å². The Hall–Kier alpha value is -4.41. The highest BCUT2D eigenvalue weighted by Crippen LogP contribution is 2.29. The van der Waals surface area contributed by atoms with E-state index in [0.29, 0.717) is 53.1 Å². The van der Waals surface area contributed by atoms with Crippen molar-refractivity contribution in [1.29, 1.82) is 0 Å². The molecule has 0 radical (unpaired) electrons. The highest BCUT2D eigenvalue weighted by molar-refractivity contribution is 6.00. The zero-order valence-electron chi connectivity index (χ0n) is 21.0. The zero-order chi connectivity index (χ0) is 25.7. The maximum absolute atomic E-state index is 12.8. The molecule has 184 valence electrons. The summed E-state index contributed by atoms with van der Waals surface area (Å²) in [5, 5.41) is 5.77. The van der Waals surface area contributed by atoms with E-state index in [2.05, 4.69) is 30.6 Å². The van der Waals surface area contributed by atoms with Gasteiger partial charge in [-0.25, -0.2) is 24.7 Å². The average Bonchev–Trinajstić information content (AvgIpc) is 3.30. The van der Waals surface area contributed by atoms with Crippen LogP contribution in [-0.2, 0) is 6.42 Å². The van der Waals surface area contributed by atoms with Gasteiger partial charge < -0.3 is 24.6 Å². The molecule has 1 aromatic carbocycles. The summed E-state index contributed by atoms with van der Waals surface area (Å²) in [6, 6.07) is 7.22. The lowest BCUT2D eigenvalue weighted by molar-refractivity contribution is 0.262. The van der Waals surface area contributed by atoms with E-state index in [1.807, 2.05) is 56.7 Å². The minimum atomic E-state index is -0.385. The zero-order valence-corrected chi connectivity index (χ0v) is 21.0. The number of carbonyl (C=O) groups is 1. The van der Waals surface area contributed by atoms with Crippen molar-refractivity contribution in [3.63, 3.8) is 0 Å². The molecule has 2 N–H and O–H groups in total. The fourth-order valence-electron chi connectivity index (χ4n) is 3.73. The molecule has 3 heterocycles. The summed E-state index contributed by atoms with van der Waals surface area (Å²) in [5.74, 6) is 1.39. The number of urea groups is 1. The van der Waals surface area contributed by atoms with Gasteiger partial charge in [0.15, 0.2) is 11.6 Å². The second-order valence-electron chi connectivity index (χ2n) is 8.13. The maximum atomic E-state index is 12.8. The van der Waals surface area contributed by atoms with Crippen LogP contribution in [0.15, 0.2) is 49.2 Å². The molecule has 10 nitrogen and oxygen atoms in total. The van der Waals surface area contributed by atoms with E-state index < -0.39 is 0 Å². The lowest BCUT2D eigenvalue weighted by atomic mass is 10.2. The van der Waals surface area contributed by atoms with Crippen LogP contribution >= 0.6 is 0 Å². The fraction of sp³-hybridized carbons (Fsp3) is 0.240. The average molecular weight is 485 g/mol. The molecule has 0 unspecified atom stereocenters. The van der Waals surface area contributed by atoms with Crippen molar-refractivity contribution in [2.45, 2.75) is 34.1 Å². The number of hydrogen-bond acceptors (Lipinski definition) is 7. The summed E-state index contributed by atoms with van der Waals surface area (Å²) in [7, 11) is 1.54. The van der Waals surface area contributed by atoms with E-state index in [1.165, 1.54) is 8.05 Å². The third-order valence-corrected chi connectivity index (χ3v) is 5.35. The van der Waals surface area contributed by atoms with Crippen LogP contribution in [0.25, 0.3) is 17.1 Å².